The molecule has 3 rings (SSSR count). The van der Waals surface area contributed by atoms with Gasteiger partial charge in [0.2, 0.25) is 0 Å². The lowest BCUT2D eigenvalue weighted by molar-refractivity contribution is 0.607. The minimum Gasteiger partial charge on any atom is -0.321 e. The summed E-state index contributed by atoms with van der Waals surface area (Å²) in [6.07, 6.45) is 0.932. The maximum Gasteiger partial charge on any atom is 0.111 e. The smallest absolute Gasteiger partial charge is 0.111 e. The lowest BCUT2D eigenvalue weighted by Crippen LogP contribution is -2.16. The van der Waals surface area contributed by atoms with Crippen LogP contribution < -0.4 is 5.32 Å². The topological polar surface area (TPSA) is 29.9 Å². The van der Waals surface area contributed by atoms with Gasteiger partial charge in [-0.3, -0.25) is 0 Å². The van der Waals surface area contributed by atoms with Crippen LogP contribution in [0.5, 0.6) is 0 Å². The lowest BCUT2D eigenvalue weighted by Gasteiger charge is -2.18. The van der Waals surface area contributed by atoms with E-state index in [0.717, 1.165) is 24.3 Å². The van der Waals surface area contributed by atoms with Gasteiger partial charge in [-0.25, -0.2) is 4.98 Å². The summed E-state index contributed by atoms with van der Waals surface area (Å²) in [5, 5.41) is 3.22. The van der Waals surface area contributed by atoms with Crippen molar-refractivity contribution in [1.29, 1.82) is 0 Å². The van der Waals surface area contributed by atoms with Crippen LogP contribution in [0, 0.1) is 6.92 Å². The molecule has 3 nitrogen and oxygen atoms in total. The molecule has 0 aliphatic rings. The summed E-state index contributed by atoms with van der Waals surface area (Å²) >= 11 is 0. The number of likely N-dealkylation sites (N-methyl/N-ethyl adjacent to an activating group) is 1. The van der Waals surface area contributed by atoms with Crippen molar-refractivity contribution in [3.05, 3.63) is 65.5 Å². The molecular weight excluding hydrogens is 270 g/mol. The van der Waals surface area contributed by atoms with Crippen molar-refractivity contribution in [3.8, 4) is 0 Å². The number of aromatic nitrogens is 2. The van der Waals surface area contributed by atoms with E-state index in [1.165, 1.54) is 16.6 Å². The predicted molar refractivity (Wildman–Crippen MR) is 92.4 cm³/mol. The molecule has 0 aliphatic carbocycles. The zero-order chi connectivity index (χ0) is 15.5. The van der Waals surface area contributed by atoms with Gasteiger partial charge in [-0.1, -0.05) is 36.4 Å². The highest BCUT2D eigenvalue weighted by Gasteiger charge is 2.16. The Bertz CT molecular complexity index is 759. The summed E-state index contributed by atoms with van der Waals surface area (Å²) in [5.74, 6) is 1.14. The number of aryl methyl sites for hydroxylation is 1. The van der Waals surface area contributed by atoms with Crippen molar-refractivity contribution in [1.82, 2.24) is 14.9 Å². The van der Waals surface area contributed by atoms with E-state index in [-0.39, 0.29) is 6.04 Å². The molecule has 1 aromatic heterocycles. The average molecular weight is 293 g/mol. The maximum atomic E-state index is 4.88. The first-order chi connectivity index (χ1) is 10.7. The van der Waals surface area contributed by atoms with Gasteiger partial charge in [-0.2, -0.15) is 0 Å². The molecule has 0 saturated carbocycles. The lowest BCUT2D eigenvalue weighted by atomic mass is 10.1. The zero-order valence-electron chi connectivity index (χ0n) is 13.5. The number of nitrogens with one attached hydrogen (secondary N) is 1. The molecule has 22 heavy (non-hydrogen) atoms. The fraction of sp³-hybridized carbons (Fsp3) is 0.316. The Balaban J connectivity index is 2.12. The molecule has 0 bridgehead atoms. The van der Waals surface area contributed by atoms with Crippen LogP contribution in [0.4, 0.5) is 0 Å². The van der Waals surface area contributed by atoms with Gasteiger partial charge >= 0.3 is 0 Å². The Morgan fingerprint density at radius 3 is 2.64 bits per heavy atom. The number of hydrogen-bond acceptors (Lipinski definition) is 2. The molecule has 0 fully saturated rings. The Hall–Kier alpha value is -2.13. The second-order valence-electron chi connectivity index (χ2n) is 5.83. The van der Waals surface area contributed by atoms with Crippen LogP contribution in [-0.2, 0) is 6.42 Å². The molecule has 1 N–H and O–H groups in total. The van der Waals surface area contributed by atoms with Gasteiger partial charge in [0.25, 0.3) is 0 Å². The molecular formula is C19H23N3. The summed E-state index contributed by atoms with van der Waals surface area (Å²) in [7, 11) is 1.98. The number of imidazole rings is 1. The van der Waals surface area contributed by atoms with E-state index in [9.17, 15) is 0 Å². The first-order valence-corrected chi connectivity index (χ1v) is 7.87. The minimum absolute atomic E-state index is 0.278. The highest BCUT2D eigenvalue weighted by atomic mass is 15.1. The standard InChI is InChI=1S/C19H23N3/c1-14-9-10-18-17(13-14)21-19(11-12-20-3)22(18)15(2)16-7-5-4-6-8-16/h4-10,13,15,20H,11-12H2,1-3H3. The van der Waals surface area contributed by atoms with E-state index in [4.69, 9.17) is 4.98 Å². The third-order valence-electron chi connectivity index (χ3n) is 4.19. The Kier molecular flexibility index (Phi) is 4.25. The van der Waals surface area contributed by atoms with Crippen LogP contribution in [0.2, 0.25) is 0 Å². The van der Waals surface area contributed by atoms with Crippen LogP contribution in [0.15, 0.2) is 48.5 Å². The van der Waals surface area contributed by atoms with Crippen LogP contribution in [-0.4, -0.2) is 23.1 Å². The van der Waals surface area contributed by atoms with E-state index in [1.54, 1.807) is 0 Å². The van der Waals surface area contributed by atoms with Gasteiger partial charge < -0.3 is 9.88 Å². The summed E-state index contributed by atoms with van der Waals surface area (Å²) < 4.78 is 2.38. The molecule has 3 heteroatoms. The van der Waals surface area contributed by atoms with E-state index < -0.39 is 0 Å². The third kappa shape index (κ3) is 2.77. The first-order valence-electron chi connectivity index (χ1n) is 7.87. The largest absolute Gasteiger partial charge is 0.321 e. The van der Waals surface area contributed by atoms with Crippen LogP contribution in [0.3, 0.4) is 0 Å². The molecule has 0 radical (unpaired) electrons. The van der Waals surface area contributed by atoms with Crippen LogP contribution in [0.1, 0.15) is 29.9 Å². The Morgan fingerprint density at radius 2 is 1.91 bits per heavy atom. The highest BCUT2D eigenvalue weighted by molar-refractivity contribution is 5.77. The SMILES string of the molecule is CNCCc1nc2cc(C)ccc2n1C(C)c1ccccc1. The molecule has 0 aliphatic heterocycles. The molecule has 3 aromatic rings. The van der Waals surface area contributed by atoms with Gasteiger partial charge in [0.15, 0.2) is 0 Å². The third-order valence-corrected chi connectivity index (χ3v) is 4.19. The molecule has 1 atom stereocenters. The van der Waals surface area contributed by atoms with E-state index in [0.29, 0.717) is 0 Å². The second-order valence-corrected chi connectivity index (χ2v) is 5.83. The van der Waals surface area contributed by atoms with Gasteiger partial charge in [-0.05, 0) is 44.2 Å². The number of fused-ring (bicyclic) bond motifs is 1. The minimum atomic E-state index is 0.278. The normalized spacial score (nSPS) is 12.7. The Labute approximate surface area is 132 Å². The van der Waals surface area contributed by atoms with Crippen molar-refractivity contribution >= 4 is 11.0 Å². The summed E-state index contributed by atoms with van der Waals surface area (Å²) in [5.41, 5.74) is 4.87. The average Bonchev–Trinajstić information content (AvgIpc) is 2.90. The first kappa shape index (κ1) is 14.8. The molecule has 2 aromatic carbocycles. The van der Waals surface area contributed by atoms with Gasteiger partial charge in [0, 0.05) is 13.0 Å². The number of hydrogen-bond donors (Lipinski definition) is 1. The summed E-state index contributed by atoms with van der Waals surface area (Å²) in [6.45, 7) is 5.30. The number of benzene rings is 2. The molecule has 0 amide bonds. The maximum absolute atomic E-state index is 4.88. The zero-order valence-corrected chi connectivity index (χ0v) is 13.5. The van der Waals surface area contributed by atoms with Crippen molar-refractivity contribution < 1.29 is 0 Å². The summed E-state index contributed by atoms with van der Waals surface area (Å²) in [4.78, 5) is 4.88. The number of nitrogens with zero attached hydrogens (tertiary/aromatic N) is 2. The van der Waals surface area contributed by atoms with Crippen LogP contribution in [0.25, 0.3) is 11.0 Å². The Morgan fingerprint density at radius 1 is 1.14 bits per heavy atom. The summed E-state index contributed by atoms with van der Waals surface area (Å²) in [6, 6.07) is 17.4. The predicted octanol–water partition coefficient (Wildman–Crippen LogP) is 3.72. The molecule has 1 heterocycles. The van der Waals surface area contributed by atoms with Gasteiger partial charge in [0.1, 0.15) is 5.82 Å². The van der Waals surface area contributed by atoms with E-state index >= 15 is 0 Å². The number of rotatable bonds is 5. The van der Waals surface area contributed by atoms with Gasteiger partial charge in [-0.15, -0.1) is 0 Å². The fourth-order valence-electron chi connectivity index (χ4n) is 2.98. The van der Waals surface area contributed by atoms with Crippen molar-refractivity contribution in [2.75, 3.05) is 13.6 Å². The fourth-order valence-corrected chi connectivity index (χ4v) is 2.98. The molecule has 114 valence electrons. The molecule has 0 saturated heterocycles. The van der Waals surface area contributed by atoms with E-state index in [1.807, 2.05) is 7.05 Å². The highest BCUT2D eigenvalue weighted by Crippen LogP contribution is 2.26. The molecule has 0 spiro atoms. The van der Waals surface area contributed by atoms with Crippen molar-refractivity contribution in [2.24, 2.45) is 0 Å². The second kappa shape index (κ2) is 6.32. The van der Waals surface area contributed by atoms with Crippen molar-refractivity contribution in [3.63, 3.8) is 0 Å². The van der Waals surface area contributed by atoms with Gasteiger partial charge in [0.05, 0.1) is 17.1 Å². The quantitative estimate of drug-likeness (QED) is 0.777. The van der Waals surface area contributed by atoms with E-state index in [2.05, 4.69) is 72.3 Å². The van der Waals surface area contributed by atoms with Crippen molar-refractivity contribution in [2.45, 2.75) is 26.3 Å². The molecule has 1 unspecified atom stereocenters. The van der Waals surface area contributed by atoms with Crippen LogP contribution >= 0.6 is 0 Å². The monoisotopic (exact) mass is 293 g/mol.